The van der Waals surface area contributed by atoms with Crippen molar-refractivity contribution in [2.24, 2.45) is 4.99 Å². The van der Waals surface area contributed by atoms with E-state index in [2.05, 4.69) is 20.9 Å². The fourth-order valence-electron chi connectivity index (χ4n) is 0.823. The molecule has 0 unspecified atom stereocenters. The Balaban J connectivity index is 3.21. The van der Waals surface area contributed by atoms with Crippen LogP contribution >= 0.6 is 15.9 Å². The van der Waals surface area contributed by atoms with Gasteiger partial charge in [-0.15, -0.1) is 4.99 Å². The first kappa shape index (κ1) is 10.0. The van der Waals surface area contributed by atoms with Gasteiger partial charge in [0.25, 0.3) is 0 Å². The summed E-state index contributed by atoms with van der Waals surface area (Å²) in [6, 6.07) is 2.15. The van der Waals surface area contributed by atoms with E-state index in [0.29, 0.717) is 0 Å². The summed E-state index contributed by atoms with van der Waals surface area (Å²) in [5.74, 6) is 0. The number of halogens is 3. The summed E-state index contributed by atoms with van der Waals surface area (Å²) in [5.41, 5.74) is -0.349. The zero-order valence-electron chi connectivity index (χ0n) is 6.30. The molecule has 0 amide bonds. The summed E-state index contributed by atoms with van der Waals surface area (Å²) < 4.78 is 26.1. The highest BCUT2D eigenvalue weighted by molar-refractivity contribution is 9.10. The van der Waals surface area contributed by atoms with Gasteiger partial charge in [-0.05, 0) is 12.1 Å². The normalized spacial score (nSPS) is 10.7. The Morgan fingerprint density at radius 1 is 1.38 bits per heavy atom. The van der Waals surface area contributed by atoms with Crippen LogP contribution in [0.1, 0.15) is 5.56 Å². The highest BCUT2D eigenvalue weighted by Gasteiger charge is 2.32. The lowest BCUT2D eigenvalue weighted by molar-refractivity contribution is 0.00542. The number of benzene rings is 1. The molecule has 0 saturated heterocycles. The van der Waals surface area contributed by atoms with Crippen molar-refractivity contribution in [2.75, 3.05) is 0 Å². The Labute approximate surface area is 81.4 Å². The number of rotatable bonds is 2. The molecule has 0 aliphatic heterocycles. The van der Waals surface area contributed by atoms with Crippen molar-refractivity contribution in [3.63, 3.8) is 0 Å². The van der Waals surface area contributed by atoms with Crippen LogP contribution in [0.3, 0.4) is 0 Å². The number of isocyanates is 1. The minimum atomic E-state index is -3.51. The molecule has 13 heavy (non-hydrogen) atoms. The van der Waals surface area contributed by atoms with Gasteiger partial charge in [0.05, 0.1) is 5.56 Å². The fraction of sp³-hybridized carbons (Fsp3) is 0.125. The highest BCUT2D eigenvalue weighted by Crippen LogP contribution is 2.33. The molecule has 0 fully saturated rings. The Kier molecular flexibility index (Phi) is 2.90. The van der Waals surface area contributed by atoms with Crippen molar-refractivity contribution in [2.45, 2.75) is 6.05 Å². The molecule has 1 rings (SSSR count). The van der Waals surface area contributed by atoms with Crippen molar-refractivity contribution >= 4 is 22.0 Å². The monoisotopic (exact) mass is 247 g/mol. The van der Waals surface area contributed by atoms with Gasteiger partial charge in [-0.1, -0.05) is 28.1 Å². The van der Waals surface area contributed by atoms with Crippen LogP contribution in [0.15, 0.2) is 33.7 Å². The summed E-state index contributed by atoms with van der Waals surface area (Å²) in [6.07, 6.45) is 0.838. The highest BCUT2D eigenvalue weighted by atomic mass is 79.9. The van der Waals surface area contributed by atoms with E-state index in [1.807, 2.05) is 0 Å². The van der Waals surface area contributed by atoms with E-state index >= 15 is 0 Å². The molecule has 0 saturated carbocycles. The van der Waals surface area contributed by atoms with Gasteiger partial charge in [0.15, 0.2) is 0 Å². The van der Waals surface area contributed by atoms with Gasteiger partial charge in [-0.25, -0.2) is 4.79 Å². The van der Waals surface area contributed by atoms with Crippen molar-refractivity contribution in [1.82, 2.24) is 0 Å². The van der Waals surface area contributed by atoms with Crippen molar-refractivity contribution in [3.8, 4) is 0 Å². The molecular formula is C8H4BrF2NO. The topological polar surface area (TPSA) is 29.4 Å². The minimum absolute atomic E-state index is 0.207. The van der Waals surface area contributed by atoms with Crippen LogP contribution in [0.5, 0.6) is 0 Å². The molecule has 68 valence electrons. The quantitative estimate of drug-likeness (QED) is 0.449. The molecule has 0 heterocycles. The second kappa shape index (κ2) is 3.77. The first-order valence-electron chi connectivity index (χ1n) is 3.30. The summed E-state index contributed by atoms with van der Waals surface area (Å²) in [7, 11) is 0. The maximum atomic E-state index is 13.0. The molecule has 2 nitrogen and oxygen atoms in total. The van der Waals surface area contributed by atoms with Crippen LogP contribution in [0.2, 0.25) is 0 Å². The molecule has 0 aliphatic carbocycles. The van der Waals surface area contributed by atoms with Gasteiger partial charge in [0.2, 0.25) is 6.08 Å². The minimum Gasteiger partial charge on any atom is -0.211 e. The Bertz CT molecular complexity index is 361. The predicted molar refractivity (Wildman–Crippen MR) is 46.2 cm³/mol. The van der Waals surface area contributed by atoms with Crippen LogP contribution in [0.4, 0.5) is 8.78 Å². The lowest BCUT2D eigenvalue weighted by atomic mass is 10.2. The van der Waals surface area contributed by atoms with Gasteiger partial charge in [-0.3, -0.25) is 0 Å². The standard InChI is InChI=1S/C8H4BrF2NO/c9-7-4-2-1-3-6(7)8(10,11)12-5-13/h1-4H. The predicted octanol–water partition coefficient (Wildman–Crippen LogP) is 2.83. The van der Waals surface area contributed by atoms with E-state index in [4.69, 9.17) is 0 Å². The largest absolute Gasteiger partial charge is 0.380 e. The molecule has 0 atom stereocenters. The van der Waals surface area contributed by atoms with E-state index in [1.165, 1.54) is 18.2 Å². The fourth-order valence-corrected chi connectivity index (χ4v) is 1.35. The summed E-state index contributed by atoms with van der Waals surface area (Å²) >= 11 is 2.93. The Morgan fingerprint density at radius 3 is 2.54 bits per heavy atom. The van der Waals surface area contributed by atoms with Crippen LogP contribution in [0.25, 0.3) is 0 Å². The van der Waals surface area contributed by atoms with Gasteiger partial charge < -0.3 is 0 Å². The zero-order chi connectivity index (χ0) is 9.90. The van der Waals surface area contributed by atoms with Crippen LogP contribution < -0.4 is 0 Å². The molecule has 0 spiro atoms. The van der Waals surface area contributed by atoms with Crippen molar-refractivity contribution in [3.05, 3.63) is 34.3 Å². The average Bonchev–Trinajstić information content (AvgIpc) is 2.04. The van der Waals surface area contributed by atoms with Crippen LogP contribution in [-0.2, 0) is 10.8 Å². The van der Waals surface area contributed by atoms with Crippen molar-refractivity contribution in [1.29, 1.82) is 0 Å². The lowest BCUT2D eigenvalue weighted by Gasteiger charge is -2.10. The lowest BCUT2D eigenvalue weighted by Crippen LogP contribution is -2.09. The first-order valence-corrected chi connectivity index (χ1v) is 4.09. The van der Waals surface area contributed by atoms with Crippen LogP contribution in [0, 0.1) is 0 Å². The van der Waals surface area contributed by atoms with E-state index in [9.17, 15) is 13.6 Å². The molecule has 0 aromatic heterocycles. The third-order valence-corrected chi connectivity index (χ3v) is 2.08. The van der Waals surface area contributed by atoms with E-state index in [1.54, 1.807) is 6.07 Å². The molecule has 0 aliphatic rings. The molecule has 1 aromatic rings. The first-order chi connectivity index (χ1) is 6.08. The third kappa shape index (κ3) is 2.20. The number of nitrogens with zero attached hydrogens (tertiary/aromatic N) is 1. The maximum absolute atomic E-state index is 13.0. The van der Waals surface area contributed by atoms with Gasteiger partial charge in [-0.2, -0.15) is 8.78 Å². The van der Waals surface area contributed by atoms with Gasteiger partial charge in [0.1, 0.15) is 0 Å². The Hall–Kier alpha value is -1.06. The molecule has 0 N–H and O–H groups in total. The Morgan fingerprint density at radius 2 is 2.00 bits per heavy atom. The van der Waals surface area contributed by atoms with E-state index in [-0.39, 0.29) is 10.0 Å². The molecule has 5 heteroatoms. The number of hydrogen-bond donors (Lipinski definition) is 0. The average molecular weight is 248 g/mol. The van der Waals surface area contributed by atoms with Crippen molar-refractivity contribution < 1.29 is 13.6 Å². The van der Waals surface area contributed by atoms with Gasteiger partial charge in [0, 0.05) is 4.47 Å². The summed E-state index contributed by atoms with van der Waals surface area (Å²) in [4.78, 5) is 12.1. The molecular weight excluding hydrogens is 244 g/mol. The number of hydrogen-bond acceptors (Lipinski definition) is 2. The maximum Gasteiger partial charge on any atom is 0.380 e. The number of alkyl halides is 2. The summed E-state index contributed by atoms with van der Waals surface area (Å²) in [5, 5.41) is 0. The second-order valence-corrected chi connectivity index (χ2v) is 3.08. The molecule has 0 radical (unpaired) electrons. The van der Waals surface area contributed by atoms with E-state index in [0.717, 1.165) is 6.08 Å². The molecule has 0 bridgehead atoms. The van der Waals surface area contributed by atoms with Crippen LogP contribution in [-0.4, -0.2) is 6.08 Å². The second-order valence-electron chi connectivity index (χ2n) is 2.22. The zero-order valence-corrected chi connectivity index (χ0v) is 7.88. The van der Waals surface area contributed by atoms with Gasteiger partial charge >= 0.3 is 6.05 Å². The van der Waals surface area contributed by atoms with E-state index < -0.39 is 6.05 Å². The number of carbonyl (C=O) groups excluding carboxylic acids is 1. The summed E-state index contributed by atoms with van der Waals surface area (Å²) in [6.45, 7) is 0. The SMILES string of the molecule is O=C=NC(F)(F)c1ccccc1Br. The number of aliphatic imine (C=N–C) groups is 1. The third-order valence-electron chi connectivity index (χ3n) is 1.38. The smallest absolute Gasteiger partial charge is 0.211 e. The molecule has 1 aromatic carbocycles.